The second kappa shape index (κ2) is 13.4. The van der Waals surface area contributed by atoms with Crippen molar-refractivity contribution in [1.82, 2.24) is 10.2 Å². The molecule has 2 aliphatic heterocycles. The number of fused-ring (bicyclic) bond motifs is 1. The smallest absolute Gasteiger partial charge is 0.319 e. The van der Waals surface area contributed by atoms with Crippen molar-refractivity contribution in [3.8, 4) is 5.75 Å². The summed E-state index contributed by atoms with van der Waals surface area (Å²) >= 11 is 0. The molecular weight excluding hydrogens is 564 g/mol. The van der Waals surface area contributed by atoms with Crippen molar-refractivity contribution in [1.29, 1.82) is 0 Å². The molecule has 0 radical (unpaired) electrons. The Balaban J connectivity index is 0.00000204. The first-order chi connectivity index (χ1) is 15.5. The number of para-hydroxylation sites is 1. The molecule has 2 aromatic carbocycles. The fourth-order valence-electron chi connectivity index (χ4n) is 4.85. The zero-order chi connectivity index (χ0) is 22.5. The zero-order valence-corrected chi connectivity index (χ0v) is 23.0. The second-order valence-electron chi connectivity index (χ2n) is 8.83. The van der Waals surface area contributed by atoms with E-state index in [1.807, 2.05) is 49.4 Å². The number of carbonyl (C=O) groups excluding carboxylic acids is 1. The van der Waals surface area contributed by atoms with Crippen LogP contribution in [0.25, 0.3) is 0 Å². The fraction of sp³-hybridized carbons (Fsp3) is 0.480. The molecule has 188 valence electrons. The highest BCUT2D eigenvalue weighted by atomic mass is 79.9. The molecule has 9 heteroatoms. The van der Waals surface area contributed by atoms with Gasteiger partial charge in [0.25, 0.3) is 0 Å². The number of nitrogens with zero attached hydrogens (tertiary/aromatic N) is 1. The van der Waals surface area contributed by atoms with Crippen LogP contribution in [0.1, 0.15) is 35.6 Å². The minimum absolute atomic E-state index is 0. The summed E-state index contributed by atoms with van der Waals surface area (Å²) in [4.78, 5) is 14.4. The number of likely N-dealkylation sites (tertiary alicyclic amines) is 1. The third-order valence-electron chi connectivity index (χ3n) is 6.73. The van der Waals surface area contributed by atoms with Gasteiger partial charge in [0, 0.05) is 37.3 Å². The fourth-order valence-corrected chi connectivity index (χ4v) is 4.85. The van der Waals surface area contributed by atoms with E-state index in [2.05, 4.69) is 15.5 Å². The summed E-state index contributed by atoms with van der Waals surface area (Å²) in [6.45, 7) is 5.75. The van der Waals surface area contributed by atoms with Gasteiger partial charge in [-0.1, -0.05) is 30.3 Å². The summed E-state index contributed by atoms with van der Waals surface area (Å²) in [5.41, 5.74) is 9.72. The van der Waals surface area contributed by atoms with Crippen molar-refractivity contribution in [2.24, 2.45) is 11.7 Å². The third-order valence-corrected chi connectivity index (χ3v) is 6.73. The lowest BCUT2D eigenvalue weighted by atomic mass is 9.83. The Morgan fingerprint density at radius 1 is 1.15 bits per heavy atom. The van der Waals surface area contributed by atoms with E-state index < -0.39 is 0 Å². The highest BCUT2D eigenvalue weighted by Gasteiger charge is 2.35. The quantitative estimate of drug-likeness (QED) is 0.396. The number of nitrogens with one attached hydrogen (secondary N) is 2. The van der Waals surface area contributed by atoms with Crippen molar-refractivity contribution in [3.05, 3.63) is 59.2 Å². The monoisotopic (exact) mass is 598 g/mol. The van der Waals surface area contributed by atoms with E-state index in [-0.39, 0.29) is 52.2 Å². The number of ether oxygens (including phenoxy) is 1. The maximum atomic E-state index is 12.0. The summed E-state index contributed by atoms with van der Waals surface area (Å²) in [6.07, 6.45) is 2.76. The van der Waals surface area contributed by atoms with Crippen LogP contribution in [0.15, 0.2) is 42.5 Å². The summed E-state index contributed by atoms with van der Waals surface area (Å²) in [5.74, 6) is 0.842. The van der Waals surface area contributed by atoms with E-state index in [1.165, 1.54) is 0 Å². The predicted molar refractivity (Wildman–Crippen MR) is 146 cm³/mol. The molecule has 4 rings (SSSR count). The molecule has 34 heavy (non-hydrogen) atoms. The van der Waals surface area contributed by atoms with Crippen LogP contribution in [0.4, 0.5) is 10.5 Å². The van der Waals surface area contributed by atoms with E-state index in [4.69, 9.17) is 10.5 Å². The van der Waals surface area contributed by atoms with Gasteiger partial charge in [-0.05, 0) is 62.0 Å². The Bertz CT molecular complexity index is 924. The number of rotatable bonds is 6. The number of carbonyl (C=O) groups is 1. The molecule has 1 fully saturated rings. The van der Waals surface area contributed by atoms with Crippen LogP contribution in [0.3, 0.4) is 0 Å². The molecule has 2 amide bonds. The van der Waals surface area contributed by atoms with Gasteiger partial charge in [-0.25, -0.2) is 4.79 Å². The number of anilines is 1. The van der Waals surface area contributed by atoms with Crippen LogP contribution in [0.2, 0.25) is 0 Å². The molecule has 2 aromatic rings. The van der Waals surface area contributed by atoms with Gasteiger partial charge < -0.3 is 31.1 Å². The Labute approximate surface area is 223 Å². The minimum atomic E-state index is -0.178. The number of halogens is 2. The van der Waals surface area contributed by atoms with Crippen LogP contribution in [-0.2, 0) is 11.2 Å². The molecule has 1 saturated heterocycles. The number of piperidine rings is 1. The van der Waals surface area contributed by atoms with Crippen LogP contribution in [0, 0.1) is 12.8 Å². The first kappa shape index (κ1) is 28.6. The van der Waals surface area contributed by atoms with Crippen molar-refractivity contribution in [2.45, 2.75) is 38.4 Å². The molecule has 2 heterocycles. The van der Waals surface area contributed by atoms with Gasteiger partial charge >= 0.3 is 6.03 Å². The predicted octanol–water partition coefficient (Wildman–Crippen LogP) is 4.33. The Morgan fingerprint density at radius 3 is 2.53 bits per heavy atom. The Morgan fingerprint density at radius 2 is 1.85 bits per heavy atom. The van der Waals surface area contributed by atoms with E-state index in [1.54, 1.807) is 0 Å². The Kier molecular flexibility index (Phi) is 11.3. The Hall–Kier alpha value is -1.65. The van der Waals surface area contributed by atoms with Crippen molar-refractivity contribution in [3.63, 3.8) is 0 Å². The van der Waals surface area contributed by atoms with Gasteiger partial charge in [0.2, 0.25) is 0 Å². The number of nitrogens with two attached hydrogens (primary N) is 1. The lowest BCUT2D eigenvalue weighted by Crippen LogP contribution is -2.44. The number of hydrogen-bond donors (Lipinski definition) is 4. The van der Waals surface area contributed by atoms with Gasteiger partial charge in [-0.3, -0.25) is 0 Å². The number of amides is 2. The van der Waals surface area contributed by atoms with E-state index in [0.717, 1.165) is 61.3 Å². The number of hydrogen-bond acceptors (Lipinski definition) is 5. The lowest BCUT2D eigenvalue weighted by Gasteiger charge is -2.40. The van der Waals surface area contributed by atoms with Gasteiger partial charge in [0.1, 0.15) is 5.75 Å². The number of phenols is 1. The van der Waals surface area contributed by atoms with Gasteiger partial charge in [0.15, 0.2) is 0 Å². The molecule has 2 aliphatic rings. The van der Waals surface area contributed by atoms with Gasteiger partial charge in [-0.2, -0.15) is 0 Å². The molecule has 0 spiro atoms. The summed E-state index contributed by atoms with van der Waals surface area (Å²) < 4.78 is 6.38. The molecule has 0 saturated carbocycles. The minimum Gasteiger partial charge on any atom is -0.507 e. The van der Waals surface area contributed by atoms with Gasteiger partial charge in [0.05, 0.1) is 12.2 Å². The maximum absolute atomic E-state index is 12.0. The average Bonchev–Trinajstić information content (AvgIpc) is 2.82. The van der Waals surface area contributed by atoms with E-state index in [9.17, 15) is 9.90 Å². The van der Waals surface area contributed by atoms with Gasteiger partial charge in [-0.15, -0.1) is 34.0 Å². The van der Waals surface area contributed by atoms with Crippen LogP contribution in [-0.4, -0.2) is 54.9 Å². The second-order valence-corrected chi connectivity index (χ2v) is 8.83. The topological polar surface area (TPSA) is 99.8 Å². The van der Waals surface area contributed by atoms with E-state index >= 15 is 0 Å². The molecule has 5 N–H and O–H groups in total. The molecular formula is C25H36Br2N4O3. The highest BCUT2D eigenvalue weighted by molar-refractivity contribution is 8.93. The van der Waals surface area contributed by atoms with Crippen LogP contribution < -0.4 is 16.4 Å². The highest BCUT2D eigenvalue weighted by Crippen LogP contribution is 2.40. The van der Waals surface area contributed by atoms with Crippen molar-refractivity contribution < 1.29 is 14.6 Å². The number of aromatic hydroxyl groups is 1. The molecule has 2 atom stereocenters. The van der Waals surface area contributed by atoms with Crippen molar-refractivity contribution >= 4 is 45.7 Å². The normalized spacial score (nSPS) is 20.4. The molecule has 0 bridgehead atoms. The summed E-state index contributed by atoms with van der Waals surface area (Å²) in [6, 6.07) is 13.2. The first-order valence-corrected chi connectivity index (χ1v) is 11.5. The first-order valence-electron chi connectivity index (χ1n) is 11.5. The molecule has 0 aromatic heterocycles. The molecule has 0 aliphatic carbocycles. The lowest BCUT2D eigenvalue weighted by molar-refractivity contribution is -0.0645. The third kappa shape index (κ3) is 6.95. The standard InChI is InChI=1S/C25H34N4O3.2BrH/c1-17-7-8-20-21(24(17)30)15-22(32-23(20)16-26)18-9-12-29(13-10-18)14-11-27-25(31)28-19-5-3-2-4-6-19;;/h2-8,18,22-23,30H,9-16,26H2,1H3,(H2,27,28,31);2*1H/t22-,23-;;/m0../s1. The SMILES string of the molecule is Br.Br.Cc1ccc2c(c1O)C[C@@H](C1CCN(CCNC(=O)Nc3ccccc3)CC1)O[C@H]2CN. The average molecular weight is 600 g/mol. The maximum Gasteiger partial charge on any atom is 0.319 e. The summed E-state index contributed by atoms with van der Waals surface area (Å²) in [7, 11) is 0. The van der Waals surface area contributed by atoms with Crippen LogP contribution in [0.5, 0.6) is 5.75 Å². The number of phenolic OH excluding ortho intramolecular Hbond substituents is 1. The zero-order valence-electron chi connectivity index (χ0n) is 19.5. The van der Waals surface area contributed by atoms with E-state index in [0.29, 0.717) is 24.8 Å². The molecule has 0 unspecified atom stereocenters. The number of urea groups is 1. The largest absolute Gasteiger partial charge is 0.507 e. The number of aryl methyl sites for hydroxylation is 1. The summed E-state index contributed by atoms with van der Waals surface area (Å²) in [5, 5.41) is 16.4. The van der Waals surface area contributed by atoms with Crippen molar-refractivity contribution in [2.75, 3.05) is 38.0 Å². The van der Waals surface area contributed by atoms with Crippen LogP contribution >= 0.6 is 34.0 Å². The molecule has 7 nitrogen and oxygen atoms in total. The number of benzene rings is 2.